The lowest BCUT2D eigenvalue weighted by molar-refractivity contribution is -0.144. The van der Waals surface area contributed by atoms with Crippen LogP contribution in [0.15, 0.2) is 48.5 Å². The van der Waals surface area contributed by atoms with E-state index in [4.69, 9.17) is 9.47 Å². The first-order valence-corrected chi connectivity index (χ1v) is 13.2. The van der Waals surface area contributed by atoms with Crippen molar-refractivity contribution in [2.75, 3.05) is 0 Å². The van der Waals surface area contributed by atoms with Gasteiger partial charge in [0.2, 0.25) is 0 Å². The Balaban J connectivity index is 1.47. The Morgan fingerprint density at radius 1 is 0.676 bits per heavy atom. The molecule has 0 aromatic heterocycles. The molecule has 0 radical (unpaired) electrons. The first kappa shape index (κ1) is 26.0. The minimum absolute atomic E-state index is 0.243. The van der Waals surface area contributed by atoms with Crippen LogP contribution in [-0.2, 0) is 22.4 Å². The van der Waals surface area contributed by atoms with Crippen LogP contribution in [0.1, 0.15) is 89.2 Å². The Hall–Kier alpha value is -2.62. The molecule has 34 heavy (non-hydrogen) atoms. The summed E-state index contributed by atoms with van der Waals surface area (Å²) in [5.74, 6) is 0.134. The zero-order chi connectivity index (χ0) is 24.2. The van der Waals surface area contributed by atoms with Crippen molar-refractivity contribution in [3.8, 4) is 11.5 Å². The quantitative estimate of drug-likeness (QED) is 0.186. The van der Waals surface area contributed by atoms with E-state index in [0.29, 0.717) is 17.9 Å². The van der Waals surface area contributed by atoms with Crippen LogP contribution in [0.5, 0.6) is 11.5 Å². The summed E-state index contributed by atoms with van der Waals surface area (Å²) in [4.78, 5) is 25.5. The van der Waals surface area contributed by atoms with Crippen molar-refractivity contribution in [2.45, 2.75) is 90.9 Å². The van der Waals surface area contributed by atoms with Gasteiger partial charge in [-0.1, -0.05) is 70.2 Å². The highest BCUT2D eigenvalue weighted by Gasteiger charge is 2.33. The van der Waals surface area contributed by atoms with Crippen LogP contribution in [0.3, 0.4) is 0 Å². The van der Waals surface area contributed by atoms with Crippen LogP contribution in [-0.4, -0.2) is 11.9 Å². The average molecular weight is 465 g/mol. The smallest absolute Gasteiger partial charge is 0.314 e. The van der Waals surface area contributed by atoms with Crippen molar-refractivity contribution in [1.82, 2.24) is 0 Å². The Kier molecular flexibility index (Phi) is 10.7. The minimum atomic E-state index is -0.267. The van der Waals surface area contributed by atoms with Gasteiger partial charge in [0.25, 0.3) is 0 Å². The monoisotopic (exact) mass is 464 g/mol. The van der Waals surface area contributed by atoms with Gasteiger partial charge in [0.05, 0.1) is 11.8 Å². The van der Waals surface area contributed by atoms with Crippen LogP contribution in [0, 0.1) is 11.8 Å². The number of ether oxygens (including phenoxy) is 2. The standard InChI is InChI=1S/C30H40O4/c1-3-5-7-10-23-14-18-27(19-15-23)33-29(31)25-12-9-13-26(22-25)30(32)34-28-20-16-24(17-21-28)11-8-6-4-2/h14-21,25-26H,3-13,22H2,1-2H3. The number of carbonyl (C=O) groups excluding carboxylic acids is 2. The molecular formula is C30H40O4. The zero-order valence-electron chi connectivity index (χ0n) is 20.9. The van der Waals surface area contributed by atoms with E-state index < -0.39 is 0 Å². The van der Waals surface area contributed by atoms with Gasteiger partial charge < -0.3 is 9.47 Å². The lowest BCUT2D eigenvalue weighted by Gasteiger charge is -2.26. The summed E-state index contributed by atoms with van der Waals surface area (Å²) in [6, 6.07) is 15.6. The van der Waals surface area contributed by atoms with E-state index in [1.54, 1.807) is 0 Å². The van der Waals surface area contributed by atoms with Gasteiger partial charge in [-0.05, 0) is 80.3 Å². The molecular weight excluding hydrogens is 424 g/mol. The SMILES string of the molecule is CCCCCc1ccc(OC(=O)C2CCCC(C(=O)Oc3ccc(CCCCC)cc3)C2)cc1. The van der Waals surface area contributed by atoms with Gasteiger partial charge in [-0.3, -0.25) is 9.59 Å². The zero-order valence-corrected chi connectivity index (χ0v) is 20.9. The molecule has 1 aliphatic carbocycles. The lowest BCUT2D eigenvalue weighted by Crippen LogP contribution is -2.31. The molecule has 1 saturated carbocycles. The summed E-state index contributed by atoms with van der Waals surface area (Å²) in [5, 5.41) is 0. The molecule has 184 valence electrons. The molecule has 0 aliphatic heterocycles. The molecule has 2 unspecified atom stereocenters. The predicted molar refractivity (Wildman–Crippen MR) is 136 cm³/mol. The number of esters is 2. The molecule has 0 bridgehead atoms. The van der Waals surface area contributed by atoms with Crippen LogP contribution < -0.4 is 9.47 Å². The summed E-state index contributed by atoms with van der Waals surface area (Å²) in [6.07, 6.45) is 12.2. The first-order valence-electron chi connectivity index (χ1n) is 13.2. The number of hydrogen-bond acceptors (Lipinski definition) is 4. The van der Waals surface area contributed by atoms with Gasteiger partial charge in [-0.25, -0.2) is 0 Å². The van der Waals surface area contributed by atoms with Gasteiger partial charge in [0, 0.05) is 0 Å². The average Bonchev–Trinajstić information content (AvgIpc) is 2.86. The molecule has 2 aromatic carbocycles. The molecule has 0 spiro atoms. The minimum Gasteiger partial charge on any atom is -0.426 e. The van der Waals surface area contributed by atoms with Crippen molar-refractivity contribution >= 4 is 11.9 Å². The number of aryl methyl sites for hydroxylation is 2. The number of benzene rings is 2. The molecule has 0 amide bonds. The molecule has 2 aromatic rings. The molecule has 0 N–H and O–H groups in total. The third-order valence-electron chi connectivity index (χ3n) is 6.76. The number of hydrogen-bond donors (Lipinski definition) is 0. The second-order valence-corrected chi connectivity index (χ2v) is 9.60. The van der Waals surface area contributed by atoms with Crippen LogP contribution in [0.4, 0.5) is 0 Å². The molecule has 0 saturated heterocycles. The van der Waals surface area contributed by atoms with Crippen molar-refractivity contribution in [3.63, 3.8) is 0 Å². The Bertz CT molecular complexity index is 812. The van der Waals surface area contributed by atoms with E-state index in [1.165, 1.54) is 49.7 Å². The van der Waals surface area contributed by atoms with Gasteiger partial charge in [0.15, 0.2) is 0 Å². The molecule has 4 heteroatoms. The molecule has 4 nitrogen and oxygen atoms in total. The van der Waals surface area contributed by atoms with Gasteiger partial charge >= 0.3 is 11.9 Å². The maximum absolute atomic E-state index is 12.8. The van der Waals surface area contributed by atoms with Crippen LogP contribution >= 0.6 is 0 Å². The summed E-state index contributed by atoms with van der Waals surface area (Å²) in [6.45, 7) is 4.40. The fraction of sp³-hybridized carbons (Fsp3) is 0.533. The molecule has 1 aliphatic rings. The maximum Gasteiger partial charge on any atom is 0.314 e. The number of rotatable bonds is 12. The second kappa shape index (κ2) is 13.9. The van der Waals surface area contributed by atoms with Crippen molar-refractivity contribution in [3.05, 3.63) is 59.7 Å². The topological polar surface area (TPSA) is 52.6 Å². The highest BCUT2D eigenvalue weighted by molar-refractivity contribution is 5.79. The van der Waals surface area contributed by atoms with Crippen molar-refractivity contribution < 1.29 is 19.1 Å². The van der Waals surface area contributed by atoms with E-state index in [1.807, 2.05) is 48.5 Å². The van der Waals surface area contributed by atoms with Gasteiger partial charge in [-0.2, -0.15) is 0 Å². The van der Waals surface area contributed by atoms with E-state index in [9.17, 15) is 9.59 Å². The van der Waals surface area contributed by atoms with Crippen molar-refractivity contribution in [1.29, 1.82) is 0 Å². The second-order valence-electron chi connectivity index (χ2n) is 9.60. The largest absolute Gasteiger partial charge is 0.426 e. The molecule has 2 atom stereocenters. The highest BCUT2D eigenvalue weighted by Crippen LogP contribution is 2.32. The van der Waals surface area contributed by atoms with E-state index in [-0.39, 0.29) is 23.8 Å². The summed E-state index contributed by atoms with van der Waals surface area (Å²) in [5.41, 5.74) is 2.53. The highest BCUT2D eigenvalue weighted by atomic mass is 16.5. The molecule has 3 rings (SSSR count). The normalized spacial score (nSPS) is 17.8. The Labute approximate surface area is 205 Å². The maximum atomic E-state index is 12.8. The fourth-order valence-corrected chi connectivity index (χ4v) is 4.62. The third kappa shape index (κ3) is 8.30. The fourth-order valence-electron chi connectivity index (χ4n) is 4.62. The summed E-state index contributed by atoms with van der Waals surface area (Å²) < 4.78 is 11.3. The Morgan fingerprint density at radius 3 is 1.47 bits per heavy atom. The number of carbonyl (C=O) groups is 2. The number of unbranched alkanes of at least 4 members (excludes halogenated alkanes) is 4. The van der Waals surface area contributed by atoms with E-state index in [2.05, 4.69) is 13.8 Å². The summed E-state index contributed by atoms with van der Waals surface area (Å²) in [7, 11) is 0. The Morgan fingerprint density at radius 2 is 1.09 bits per heavy atom. The third-order valence-corrected chi connectivity index (χ3v) is 6.76. The molecule has 1 fully saturated rings. The predicted octanol–water partition coefficient (Wildman–Crippen LogP) is 7.47. The van der Waals surface area contributed by atoms with Gasteiger partial charge in [0.1, 0.15) is 11.5 Å². The summed E-state index contributed by atoms with van der Waals surface area (Å²) >= 11 is 0. The van der Waals surface area contributed by atoms with Gasteiger partial charge in [-0.15, -0.1) is 0 Å². The van der Waals surface area contributed by atoms with Crippen molar-refractivity contribution in [2.24, 2.45) is 11.8 Å². The van der Waals surface area contributed by atoms with Crippen LogP contribution in [0.25, 0.3) is 0 Å². The van der Waals surface area contributed by atoms with E-state index in [0.717, 1.165) is 32.1 Å². The van der Waals surface area contributed by atoms with Crippen LogP contribution in [0.2, 0.25) is 0 Å². The lowest BCUT2D eigenvalue weighted by atomic mass is 9.81. The molecule has 0 heterocycles. The van der Waals surface area contributed by atoms with E-state index >= 15 is 0 Å². The first-order chi connectivity index (χ1) is 16.6.